The van der Waals surface area contributed by atoms with Crippen LogP contribution in [-0.4, -0.2) is 30.0 Å². The summed E-state index contributed by atoms with van der Waals surface area (Å²) in [7, 11) is 1.61. The van der Waals surface area contributed by atoms with Crippen LogP contribution in [0.3, 0.4) is 0 Å². The van der Waals surface area contributed by atoms with Gasteiger partial charge in [-0.25, -0.2) is 5.43 Å². The smallest absolute Gasteiger partial charge is 0.133 e. The Balaban J connectivity index is 1.80. The second-order valence-corrected chi connectivity index (χ2v) is 5.08. The van der Waals surface area contributed by atoms with Gasteiger partial charge in [0.2, 0.25) is 0 Å². The number of hydrogen-bond donors (Lipinski definition) is 4. The topological polar surface area (TPSA) is 83.0 Å². The Morgan fingerprint density at radius 3 is 2.68 bits per heavy atom. The minimum absolute atomic E-state index is 0.0254. The van der Waals surface area contributed by atoms with Gasteiger partial charge < -0.3 is 19.7 Å². The molecule has 1 saturated heterocycles. The lowest BCUT2D eigenvalue weighted by atomic mass is 10.0. The number of phenolic OH excluding ortho intramolecular Hbond substituents is 2. The summed E-state index contributed by atoms with van der Waals surface area (Å²) in [5.74, 6) is 1.47. The minimum atomic E-state index is -0.230. The highest BCUT2D eigenvalue weighted by Crippen LogP contribution is 2.33. The molecular formula is C16H18N2O4. The van der Waals surface area contributed by atoms with Crippen LogP contribution in [-0.2, 0) is 0 Å². The molecule has 0 aliphatic carbocycles. The lowest BCUT2D eigenvalue weighted by molar-refractivity contribution is 0.195. The molecule has 2 aromatic carbocycles. The molecule has 1 aliphatic heterocycles. The van der Waals surface area contributed by atoms with Crippen LogP contribution in [0.1, 0.15) is 11.6 Å². The Labute approximate surface area is 128 Å². The van der Waals surface area contributed by atoms with Crippen molar-refractivity contribution >= 4 is 0 Å². The molecule has 2 aromatic rings. The highest BCUT2D eigenvalue weighted by atomic mass is 16.5. The quantitative estimate of drug-likeness (QED) is 0.688. The van der Waals surface area contributed by atoms with Gasteiger partial charge in [0.25, 0.3) is 0 Å². The maximum Gasteiger partial charge on any atom is 0.133 e. The molecule has 1 aliphatic rings. The van der Waals surface area contributed by atoms with Crippen LogP contribution in [0.4, 0.5) is 0 Å². The lowest BCUT2D eigenvalue weighted by Crippen LogP contribution is -2.28. The molecule has 3 rings (SSSR count). The van der Waals surface area contributed by atoms with Gasteiger partial charge in [-0.3, -0.25) is 5.43 Å². The molecule has 0 aromatic heterocycles. The normalized spacial score (nSPS) is 20.8. The number of hydrogen-bond acceptors (Lipinski definition) is 6. The van der Waals surface area contributed by atoms with Crippen LogP contribution in [0, 0.1) is 0 Å². The van der Waals surface area contributed by atoms with Crippen molar-refractivity contribution in [2.75, 3.05) is 13.7 Å². The van der Waals surface area contributed by atoms with Gasteiger partial charge in [0.1, 0.15) is 29.1 Å². The van der Waals surface area contributed by atoms with Gasteiger partial charge >= 0.3 is 0 Å². The van der Waals surface area contributed by atoms with Crippen LogP contribution in [0.2, 0.25) is 0 Å². The summed E-state index contributed by atoms with van der Waals surface area (Å²) in [6, 6.07) is 11.7. The number of hydrazine groups is 1. The fourth-order valence-corrected chi connectivity index (χ4v) is 2.51. The van der Waals surface area contributed by atoms with Gasteiger partial charge in [0.05, 0.1) is 13.2 Å². The van der Waals surface area contributed by atoms with Crippen molar-refractivity contribution in [2.45, 2.75) is 12.1 Å². The summed E-state index contributed by atoms with van der Waals surface area (Å²) in [6.07, 6.45) is -0.206. The molecule has 6 nitrogen and oxygen atoms in total. The zero-order chi connectivity index (χ0) is 15.5. The summed E-state index contributed by atoms with van der Waals surface area (Å²) in [6.45, 7) is 0.586. The molecule has 0 amide bonds. The van der Waals surface area contributed by atoms with E-state index in [1.54, 1.807) is 13.2 Å². The molecule has 6 heteroatoms. The first-order valence-electron chi connectivity index (χ1n) is 6.98. The monoisotopic (exact) mass is 302 g/mol. The molecular weight excluding hydrogens is 284 g/mol. The standard InChI is InChI=1S/C16H18N2O4/c1-21-11-3-2-4-12(8-11)22-15-9-17-18-16(15)13-6-5-10(19)7-14(13)20/h2-8,15-20H,9H2,1H3. The van der Waals surface area contributed by atoms with Gasteiger partial charge in [0.15, 0.2) is 0 Å². The van der Waals surface area contributed by atoms with E-state index in [0.29, 0.717) is 17.9 Å². The zero-order valence-electron chi connectivity index (χ0n) is 12.1. The number of ether oxygens (including phenoxy) is 2. The van der Waals surface area contributed by atoms with Crippen LogP contribution in [0.15, 0.2) is 42.5 Å². The molecule has 1 heterocycles. The van der Waals surface area contributed by atoms with Gasteiger partial charge in [-0.15, -0.1) is 0 Å². The predicted octanol–water partition coefficient (Wildman–Crippen LogP) is 1.70. The summed E-state index contributed by atoms with van der Waals surface area (Å²) < 4.78 is 11.2. The van der Waals surface area contributed by atoms with E-state index in [4.69, 9.17) is 9.47 Å². The van der Waals surface area contributed by atoms with E-state index >= 15 is 0 Å². The van der Waals surface area contributed by atoms with Crippen molar-refractivity contribution in [1.82, 2.24) is 10.9 Å². The maximum absolute atomic E-state index is 10.0. The average Bonchev–Trinajstić information content (AvgIpc) is 2.95. The molecule has 116 valence electrons. The second-order valence-electron chi connectivity index (χ2n) is 5.08. The van der Waals surface area contributed by atoms with Crippen molar-refractivity contribution in [3.63, 3.8) is 0 Å². The SMILES string of the molecule is COc1cccc(OC2CNNC2c2ccc(O)cc2O)c1. The van der Waals surface area contributed by atoms with E-state index in [-0.39, 0.29) is 23.6 Å². The molecule has 1 fully saturated rings. The molecule has 0 bridgehead atoms. The molecule has 2 atom stereocenters. The fraction of sp³-hybridized carbons (Fsp3) is 0.250. The Kier molecular flexibility index (Phi) is 4.04. The number of benzene rings is 2. The Bertz CT molecular complexity index is 662. The van der Waals surface area contributed by atoms with E-state index in [0.717, 1.165) is 5.75 Å². The van der Waals surface area contributed by atoms with Crippen LogP contribution in [0.25, 0.3) is 0 Å². The minimum Gasteiger partial charge on any atom is -0.508 e. The van der Waals surface area contributed by atoms with Gasteiger partial charge in [-0.1, -0.05) is 6.07 Å². The summed E-state index contributed by atoms with van der Waals surface area (Å²) in [5, 5.41) is 19.4. The first kappa shape index (κ1) is 14.5. The van der Waals surface area contributed by atoms with Crippen LogP contribution < -0.4 is 20.3 Å². The van der Waals surface area contributed by atoms with Gasteiger partial charge in [-0.2, -0.15) is 0 Å². The van der Waals surface area contributed by atoms with Crippen molar-refractivity contribution in [3.8, 4) is 23.0 Å². The van der Waals surface area contributed by atoms with Crippen molar-refractivity contribution < 1.29 is 19.7 Å². The second kappa shape index (κ2) is 6.13. The molecule has 0 saturated carbocycles. The third-order valence-electron chi connectivity index (χ3n) is 3.61. The third-order valence-corrected chi connectivity index (χ3v) is 3.61. The van der Waals surface area contributed by atoms with E-state index in [1.807, 2.05) is 24.3 Å². The first-order valence-corrected chi connectivity index (χ1v) is 6.98. The number of aromatic hydroxyl groups is 2. The molecule has 0 spiro atoms. The Morgan fingerprint density at radius 2 is 1.91 bits per heavy atom. The molecule has 22 heavy (non-hydrogen) atoms. The summed E-state index contributed by atoms with van der Waals surface area (Å²) >= 11 is 0. The van der Waals surface area contributed by atoms with E-state index in [2.05, 4.69) is 10.9 Å². The summed E-state index contributed by atoms with van der Waals surface area (Å²) in [5.41, 5.74) is 6.78. The highest BCUT2D eigenvalue weighted by molar-refractivity contribution is 5.42. The van der Waals surface area contributed by atoms with Crippen molar-refractivity contribution in [1.29, 1.82) is 0 Å². The van der Waals surface area contributed by atoms with E-state index in [9.17, 15) is 10.2 Å². The molecule has 4 N–H and O–H groups in total. The fourth-order valence-electron chi connectivity index (χ4n) is 2.51. The van der Waals surface area contributed by atoms with E-state index in [1.165, 1.54) is 12.1 Å². The van der Waals surface area contributed by atoms with Crippen LogP contribution in [0.5, 0.6) is 23.0 Å². The van der Waals surface area contributed by atoms with Crippen molar-refractivity contribution in [3.05, 3.63) is 48.0 Å². The predicted molar refractivity (Wildman–Crippen MR) is 81.1 cm³/mol. The first-order chi connectivity index (χ1) is 10.7. The summed E-state index contributed by atoms with van der Waals surface area (Å²) in [4.78, 5) is 0. The Hall–Kier alpha value is -2.44. The zero-order valence-corrected chi connectivity index (χ0v) is 12.1. The average molecular weight is 302 g/mol. The van der Waals surface area contributed by atoms with Gasteiger partial charge in [-0.05, 0) is 24.3 Å². The van der Waals surface area contributed by atoms with Crippen LogP contribution >= 0.6 is 0 Å². The number of methoxy groups -OCH3 is 1. The number of nitrogens with one attached hydrogen (secondary N) is 2. The third kappa shape index (κ3) is 2.93. The number of rotatable bonds is 4. The van der Waals surface area contributed by atoms with Gasteiger partial charge in [0, 0.05) is 24.2 Å². The van der Waals surface area contributed by atoms with E-state index < -0.39 is 0 Å². The lowest BCUT2D eigenvalue weighted by Gasteiger charge is -2.21. The maximum atomic E-state index is 10.0. The highest BCUT2D eigenvalue weighted by Gasteiger charge is 2.32. The number of phenols is 2. The largest absolute Gasteiger partial charge is 0.508 e. The van der Waals surface area contributed by atoms with Crippen molar-refractivity contribution in [2.24, 2.45) is 0 Å². The Morgan fingerprint density at radius 1 is 1.09 bits per heavy atom. The molecule has 0 radical (unpaired) electrons. The molecule has 2 unspecified atom stereocenters.